The number of nitrogens with one attached hydrogen (secondary N) is 2. The lowest BCUT2D eigenvalue weighted by Crippen LogP contribution is -2.07. The fraction of sp³-hybridized carbons (Fsp3) is 0.375. The second-order valence-electron chi connectivity index (χ2n) is 5.50. The fourth-order valence-electron chi connectivity index (χ4n) is 2.08. The molecule has 2 rings (SSSR count). The van der Waals surface area contributed by atoms with Crippen LogP contribution in [0.15, 0.2) is 18.2 Å². The first kappa shape index (κ1) is 15.9. The van der Waals surface area contributed by atoms with E-state index in [4.69, 9.17) is 9.47 Å². The van der Waals surface area contributed by atoms with E-state index in [0.29, 0.717) is 35.2 Å². The Hall–Kier alpha value is -2.50. The molecule has 1 aromatic heterocycles. The van der Waals surface area contributed by atoms with Crippen molar-refractivity contribution in [1.82, 2.24) is 4.98 Å². The molecule has 2 aromatic rings. The van der Waals surface area contributed by atoms with E-state index in [-0.39, 0.29) is 5.91 Å². The van der Waals surface area contributed by atoms with Crippen molar-refractivity contribution >= 4 is 28.5 Å². The number of methoxy groups -OCH3 is 1. The Kier molecular flexibility index (Phi) is 4.70. The molecule has 0 fully saturated rings. The van der Waals surface area contributed by atoms with Crippen molar-refractivity contribution in [3.8, 4) is 5.75 Å². The zero-order valence-corrected chi connectivity index (χ0v) is 13.1. The zero-order valence-electron chi connectivity index (χ0n) is 13.1. The summed E-state index contributed by atoms with van der Waals surface area (Å²) in [7, 11) is 1.33. The van der Waals surface area contributed by atoms with Gasteiger partial charge in [-0.1, -0.05) is 13.8 Å². The Balaban J connectivity index is 2.48. The van der Waals surface area contributed by atoms with Crippen LogP contribution in [0.25, 0.3) is 10.9 Å². The van der Waals surface area contributed by atoms with Crippen LogP contribution in [-0.2, 0) is 9.53 Å². The van der Waals surface area contributed by atoms with Crippen molar-refractivity contribution < 1.29 is 19.1 Å². The lowest BCUT2D eigenvalue weighted by Gasteiger charge is -2.12. The molecule has 1 heterocycles. The molecule has 118 valence electrons. The lowest BCUT2D eigenvalue weighted by molar-refractivity contribution is -0.114. The molecule has 0 unspecified atom stereocenters. The summed E-state index contributed by atoms with van der Waals surface area (Å²) in [6.07, 6.45) is 0. The number of amides is 1. The maximum absolute atomic E-state index is 11.7. The van der Waals surface area contributed by atoms with Gasteiger partial charge < -0.3 is 19.8 Å². The van der Waals surface area contributed by atoms with Gasteiger partial charge in [0.25, 0.3) is 0 Å². The van der Waals surface area contributed by atoms with Crippen LogP contribution in [0.1, 0.15) is 31.3 Å². The number of H-pyrrole nitrogens is 1. The van der Waals surface area contributed by atoms with Gasteiger partial charge in [-0.2, -0.15) is 0 Å². The fourth-order valence-corrected chi connectivity index (χ4v) is 2.08. The third-order valence-corrected chi connectivity index (χ3v) is 3.00. The number of benzene rings is 1. The number of hydrogen-bond acceptors (Lipinski definition) is 4. The van der Waals surface area contributed by atoms with Crippen molar-refractivity contribution in [3.63, 3.8) is 0 Å². The first-order valence-corrected chi connectivity index (χ1v) is 7.06. The van der Waals surface area contributed by atoms with Crippen LogP contribution >= 0.6 is 0 Å². The number of esters is 1. The largest absolute Gasteiger partial charge is 0.493 e. The predicted molar refractivity (Wildman–Crippen MR) is 84.3 cm³/mol. The van der Waals surface area contributed by atoms with Crippen LogP contribution in [-0.4, -0.2) is 30.6 Å². The second-order valence-corrected chi connectivity index (χ2v) is 5.50. The van der Waals surface area contributed by atoms with E-state index in [0.717, 1.165) is 5.39 Å². The van der Waals surface area contributed by atoms with Gasteiger partial charge in [0.05, 0.1) is 19.2 Å². The van der Waals surface area contributed by atoms with Gasteiger partial charge >= 0.3 is 5.97 Å². The van der Waals surface area contributed by atoms with Crippen molar-refractivity contribution in [1.29, 1.82) is 0 Å². The molecule has 6 nitrogen and oxygen atoms in total. The maximum atomic E-state index is 11.7. The average molecular weight is 304 g/mol. The summed E-state index contributed by atoms with van der Waals surface area (Å²) < 4.78 is 10.5. The summed E-state index contributed by atoms with van der Waals surface area (Å²) in [5.74, 6) is 0.348. The molecule has 0 saturated heterocycles. The molecule has 0 aliphatic rings. The molecule has 22 heavy (non-hydrogen) atoms. The zero-order chi connectivity index (χ0) is 16.3. The van der Waals surface area contributed by atoms with E-state index in [9.17, 15) is 9.59 Å². The third kappa shape index (κ3) is 3.58. The Morgan fingerprint density at radius 3 is 2.59 bits per heavy atom. The molecule has 0 bridgehead atoms. The molecule has 2 N–H and O–H groups in total. The summed E-state index contributed by atoms with van der Waals surface area (Å²) >= 11 is 0. The molecule has 0 aliphatic heterocycles. The van der Waals surface area contributed by atoms with Gasteiger partial charge in [0, 0.05) is 24.1 Å². The number of aromatic nitrogens is 1. The minimum absolute atomic E-state index is 0.172. The molecule has 1 aromatic carbocycles. The van der Waals surface area contributed by atoms with Crippen LogP contribution in [0.2, 0.25) is 0 Å². The van der Waals surface area contributed by atoms with Gasteiger partial charge in [-0.05, 0) is 18.1 Å². The molecule has 0 atom stereocenters. The minimum Gasteiger partial charge on any atom is -0.493 e. The van der Waals surface area contributed by atoms with E-state index < -0.39 is 5.97 Å². The maximum Gasteiger partial charge on any atom is 0.354 e. The number of rotatable bonds is 5. The van der Waals surface area contributed by atoms with Gasteiger partial charge in [-0.3, -0.25) is 4.79 Å². The Bertz CT molecular complexity index is 703. The molecular weight excluding hydrogens is 284 g/mol. The Morgan fingerprint density at radius 1 is 1.27 bits per heavy atom. The highest BCUT2D eigenvalue weighted by atomic mass is 16.5. The number of anilines is 1. The average Bonchev–Trinajstić information content (AvgIpc) is 2.87. The normalized spacial score (nSPS) is 10.8. The van der Waals surface area contributed by atoms with Crippen molar-refractivity contribution in [2.24, 2.45) is 5.92 Å². The van der Waals surface area contributed by atoms with E-state index in [1.54, 1.807) is 18.2 Å². The van der Waals surface area contributed by atoms with Crippen molar-refractivity contribution in [2.45, 2.75) is 20.8 Å². The number of ether oxygens (including phenoxy) is 2. The number of aromatic amines is 1. The van der Waals surface area contributed by atoms with E-state index in [1.807, 2.05) is 13.8 Å². The number of hydrogen-bond donors (Lipinski definition) is 2. The Labute approximate surface area is 128 Å². The van der Waals surface area contributed by atoms with Crippen LogP contribution < -0.4 is 10.1 Å². The molecule has 6 heteroatoms. The molecular formula is C16H20N2O4. The first-order chi connectivity index (χ1) is 10.4. The van der Waals surface area contributed by atoms with Gasteiger partial charge in [0.2, 0.25) is 5.91 Å². The SMILES string of the molecule is COC(=O)c1cc2c(OCC(C)C)cc(NC(C)=O)cc2[nH]1. The highest BCUT2D eigenvalue weighted by molar-refractivity contribution is 6.00. The minimum atomic E-state index is -0.452. The smallest absolute Gasteiger partial charge is 0.354 e. The predicted octanol–water partition coefficient (Wildman–Crippen LogP) is 2.95. The summed E-state index contributed by atoms with van der Waals surface area (Å²) in [4.78, 5) is 25.9. The summed E-state index contributed by atoms with van der Waals surface area (Å²) in [6, 6.07) is 5.20. The van der Waals surface area contributed by atoms with Crippen LogP contribution in [0.4, 0.5) is 5.69 Å². The highest BCUT2D eigenvalue weighted by Gasteiger charge is 2.14. The molecule has 0 saturated carbocycles. The van der Waals surface area contributed by atoms with Gasteiger partial charge in [0.15, 0.2) is 0 Å². The summed E-state index contributed by atoms with van der Waals surface area (Å²) in [5, 5.41) is 3.50. The quantitative estimate of drug-likeness (QED) is 0.832. The number of carbonyl (C=O) groups is 2. The summed E-state index contributed by atoms with van der Waals surface area (Å²) in [5.41, 5.74) is 1.65. The molecule has 0 radical (unpaired) electrons. The van der Waals surface area contributed by atoms with Crippen molar-refractivity contribution in [3.05, 3.63) is 23.9 Å². The number of carbonyl (C=O) groups excluding carboxylic acids is 2. The Morgan fingerprint density at radius 2 is 2.00 bits per heavy atom. The molecule has 0 aliphatic carbocycles. The first-order valence-electron chi connectivity index (χ1n) is 7.06. The van der Waals surface area contributed by atoms with Gasteiger partial charge in [-0.25, -0.2) is 4.79 Å². The molecule has 0 spiro atoms. The lowest BCUT2D eigenvalue weighted by atomic mass is 10.2. The summed E-state index contributed by atoms with van der Waals surface area (Å²) in [6.45, 7) is 6.07. The topological polar surface area (TPSA) is 80.4 Å². The highest BCUT2D eigenvalue weighted by Crippen LogP contribution is 2.31. The van der Waals surface area contributed by atoms with Crippen LogP contribution in [0, 0.1) is 5.92 Å². The van der Waals surface area contributed by atoms with Gasteiger partial charge in [0.1, 0.15) is 11.4 Å². The van der Waals surface area contributed by atoms with E-state index in [1.165, 1.54) is 14.0 Å². The van der Waals surface area contributed by atoms with E-state index in [2.05, 4.69) is 10.3 Å². The van der Waals surface area contributed by atoms with Crippen LogP contribution in [0.3, 0.4) is 0 Å². The van der Waals surface area contributed by atoms with Gasteiger partial charge in [-0.15, -0.1) is 0 Å². The van der Waals surface area contributed by atoms with Crippen LogP contribution in [0.5, 0.6) is 5.75 Å². The number of fused-ring (bicyclic) bond motifs is 1. The third-order valence-electron chi connectivity index (χ3n) is 3.00. The second kappa shape index (κ2) is 6.51. The van der Waals surface area contributed by atoms with Crippen molar-refractivity contribution in [2.75, 3.05) is 19.0 Å². The standard InChI is InChI=1S/C16H20N2O4/c1-9(2)8-22-15-6-11(17-10(3)19)5-13-12(15)7-14(18-13)16(20)21-4/h5-7,9,18H,8H2,1-4H3,(H,17,19). The van der Waals surface area contributed by atoms with E-state index >= 15 is 0 Å². The molecule has 1 amide bonds. The monoisotopic (exact) mass is 304 g/mol.